The van der Waals surface area contributed by atoms with Gasteiger partial charge in [0.05, 0.1) is 12.2 Å². The summed E-state index contributed by atoms with van der Waals surface area (Å²) >= 11 is 0. The fourth-order valence-electron chi connectivity index (χ4n) is 4.94. The number of alkyl halides is 5. The summed E-state index contributed by atoms with van der Waals surface area (Å²) in [5.41, 5.74) is -3.54. The third kappa shape index (κ3) is 3.09. The van der Waals surface area contributed by atoms with Crippen molar-refractivity contribution in [1.82, 2.24) is 0 Å². The smallest absolute Gasteiger partial charge is 0.449 e. The molecule has 1 N–H and O–H groups in total. The molecule has 3 rings (SSSR count). The van der Waals surface area contributed by atoms with E-state index in [0.717, 1.165) is 6.92 Å². The number of ether oxygens (including phenoxy) is 3. The molecule has 166 valence electrons. The molecule has 2 bridgehead atoms. The Kier molecular flexibility index (Phi) is 5.12. The first-order valence-electron chi connectivity index (χ1n) is 9.50. The summed E-state index contributed by atoms with van der Waals surface area (Å²) in [5.74, 6) is -10.3. The van der Waals surface area contributed by atoms with Gasteiger partial charge in [0.25, 0.3) is 0 Å². The van der Waals surface area contributed by atoms with E-state index in [1.165, 1.54) is 6.92 Å². The SMILES string of the molecule is C=C(C)C(=O)OC1CC2CC1CC2(CC)OC1(C)COC(O)(C(F)(F)F)C1(F)F. The van der Waals surface area contributed by atoms with E-state index in [0.29, 0.717) is 12.8 Å². The zero-order valence-electron chi connectivity index (χ0n) is 16.4. The molecule has 5 nitrogen and oxygen atoms in total. The lowest BCUT2D eigenvalue weighted by Crippen LogP contribution is -2.65. The fraction of sp³-hybridized carbons (Fsp3) is 0.842. The van der Waals surface area contributed by atoms with Crippen LogP contribution in [0.1, 0.15) is 46.5 Å². The predicted octanol–water partition coefficient (Wildman–Crippen LogP) is 3.74. The molecule has 6 unspecified atom stereocenters. The first-order chi connectivity index (χ1) is 13.1. The number of fused-ring (bicyclic) bond motifs is 2. The standard InChI is InChI=1S/C19H25F5O5/c1-5-16(8-11-6-12(16)7-13(11)28-14(25)10(2)3)29-15(4)9-27-18(26,17(15,20)21)19(22,23)24/h11-13,26H,2,5-9H2,1,3-4H3. The molecule has 0 amide bonds. The molecular weight excluding hydrogens is 403 g/mol. The maximum absolute atomic E-state index is 14.8. The third-order valence-electron chi connectivity index (χ3n) is 6.65. The van der Waals surface area contributed by atoms with E-state index in [1.54, 1.807) is 6.92 Å². The highest BCUT2D eigenvalue weighted by molar-refractivity contribution is 5.87. The molecule has 2 saturated carbocycles. The fourth-order valence-corrected chi connectivity index (χ4v) is 4.94. The number of hydrogen-bond acceptors (Lipinski definition) is 5. The van der Waals surface area contributed by atoms with Crippen molar-refractivity contribution in [3.8, 4) is 0 Å². The molecule has 0 aromatic rings. The molecule has 0 aromatic carbocycles. The van der Waals surface area contributed by atoms with E-state index in [2.05, 4.69) is 11.3 Å². The van der Waals surface area contributed by atoms with Crippen LogP contribution < -0.4 is 0 Å². The van der Waals surface area contributed by atoms with Crippen LogP contribution in [0.15, 0.2) is 12.2 Å². The average Bonchev–Trinajstić information content (AvgIpc) is 3.20. The third-order valence-corrected chi connectivity index (χ3v) is 6.65. The second kappa shape index (κ2) is 6.62. The summed E-state index contributed by atoms with van der Waals surface area (Å²) in [6.07, 6.45) is -4.64. The van der Waals surface area contributed by atoms with Gasteiger partial charge in [-0.3, -0.25) is 0 Å². The quantitative estimate of drug-likeness (QED) is 0.411. The highest BCUT2D eigenvalue weighted by Crippen LogP contribution is 2.61. The number of esters is 1. The van der Waals surface area contributed by atoms with Crippen LogP contribution in [0.25, 0.3) is 0 Å². The largest absolute Gasteiger partial charge is 0.459 e. The van der Waals surface area contributed by atoms with E-state index >= 15 is 0 Å². The van der Waals surface area contributed by atoms with Gasteiger partial charge in [-0.25, -0.2) is 4.79 Å². The Bertz CT molecular complexity index is 710. The second-order valence-electron chi connectivity index (χ2n) is 8.61. The molecule has 2 aliphatic carbocycles. The maximum atomic E-state index is 14.8. The lowest BCUT2D eigenvalue weighted by Gasteiger charge is -2.46. The van der Waals surface area contributed by atoms with Crippen LogP contribution in [0.4, 0.5) is 22.0 Å². The van der Waals surface area contributed by atoms with Crippen LogP contribution in [0.3, 0.4) is 0 Å². The van der Waals surface area contributed by atoms with Crippen molar-refractivity contribution < 1.29 is 46.1 Å². The number of carbonyl (C=O) groups excluding carboxylic acids is 1. The van der Waals surface area contributed by atoms with Crippen LogP contribution in [0, 0.1) is 11.8 Å². The van der Waals surface area contributed by atoms with Gasteiger partial charge in [-0.1, -0.05) is 13.5 Å². The molecule has 0 radical (unpaired) electrons. The van der Waals surface area contributed by atoms with Crippen LogP contribution in [0.5, 0.6) is 0 Å². The number of carbonyl (C=O) groups is 1. The van der Waals surface area contributed by atoms with Crippen molar-refractivity contribution in [3.63, 3.8) is 0 Å². The van der Waals surface area contributed by atoms with Crippen molar-refractivity contribution in [2.45, 2.75) is 81.6 Å². The first-order valence-corrected chi connectivity index (χ1v) is 9.50. The Morgan fingerprint density at radius 3 is 2.34 bits per heavy atom. The van der Waals surface area contributed by atoms with Gasteiger partial charge in [-0.15, -0.1) is 0 Å². The predicted molar refractivity (Wildman–Crippen MR) is 89.9 cm³/mol. The summed E-state index contributed by atoms with van der Waals surface area (Å²) in [4.78, 5) is 11.8. The van der Waals surface area contributed by atoms with Gasteiger partial charge in [-0.2, -0.15) is 22.0 Å². The monoisotopic (exact) mass is 428 g/mol. The van der Waals surface area contributed by atoms with Crippen LogP contribution in [0.2, 0.25) is 0 Å². The molecular formula is C19H25F5O5. The van der Waals surface area contributed by atoms with Gasteiger partial charge in [-0.05, 0) is 51.4 Å². The molecule has 3 aliphatic rings. The number of halogens is 5. The Morgan fingerprint density at radius 1 is 1.31 bits per heavy atom. The van der Waals surface area contributed by atoms with Gasteiger partial charge in [0, 0.05) is 5.57 Å². The Balaban J connectivity index is 1.80. The first kappa shape index (κ1) is 22.4. The zero-order chi connectivity index (χ0) is 22.0. The molecule has 1 aliphatic heterocycles. The van der Waals surface area contributed by atoms with Gasteiger partial charge in [0.2, 0.25) is 0 Å². The van der Waals surface area contributed by atoms with Gasteiger partial charge in [0.15, 0.2) is 5.60 Å². The molecule has 0 aromatic heterocycles. The zero-order valence-corrected chi connectivity index (χ0v) is 16.4. The van der Waals surface area contributed by atoms with E-state index in [-0.39, 0.29) is 30.3 Å². The summed E-state index contributed by atoms with van der Waals surface area (Å²) in [5, 5.41) is 9.60. The highest BCUT2D eigenvalue weighted by Gasteiger charge is 2.82. The van der Waals surface area contributed by atoms with Crippen molar-refractivity contribution in [3.05, 3.63) is 12.2 Å². The molecule has 1 heterocycles. The topological polar surface area (TPSA) is 65.0 Å². The molecule has 1 saturated heterocycles. The van der Waals surface area contributed by atoms with Crippen LogP contribution in [-0.2, 0) is 19.0 Å². The van der Waals surface area contributed by atoms with Gasteiger partial charge >= 0.3 is 23.9 Å². The second-order valence-corrected chi connectivity index (χ2v) is 8.61. The lowest BCUT2D eigenvalue weighted by molar-refractivity contribution is -0.413. The molecule has 0 spiro atoms. The lowest BCUT2D eigenvalue weighted by atomic mass is 9.79. The summed E-state index contributed by atoms with van der Waals surface area (Å²) < 4.78 is 84.2. The number of rotatable bonds is 5. The minimum absolute atomic E-state index is 0.149. The summed E-state index contributed by atoms with van der Waals surface area (Å²) in [7, 11) is 0. The highest BCUT2D eigenvalue weighted by atomic mass is 19.4. The summed E-state index contributed by atoms with van der Waals surface area (Å²) in [6.45, 7) is 6.47. The molecule has 10 heteroatoms. The Labute approximate surface area is 165 Å². The van der Waals surface area contributed by atoms with Crippen molar-refractivity contribution in [1.29, 1.82) is 0 Å². The van der Waals surface area contributed by atoms with Crippen LogP contribution in [-0.4, -0.2) is 52.9 Å². The number of hydrogen-bond donors (Lipinski definition) is 1. The van der Waals surface area contributed by atoms with E-state index in [1.807, 2.05) is 0 Å². The molecule has 29 heavy (non-hydrogen) atoms. The van der Waals surface area contributed by atoms with E-state index < -0.39 is 47.8 Å². The summed E-state index contributed by atoms with van der Waals surface area (Å²) in [6, 6.07) is 0. The van der Waals surface area contributed by atoms with E-state index in [9.17, 15) is 31.9 Å². The Morgan fingerprint density at radius 2 is 1.93 bits per heavy atom. The average molecular weight is 428 g/mol. The van der Waals surface area contributed by atoms with Crippen LogP contribution >= 0.6 is 0 Å². The van der Waals surface area contributed by atoms with Crippen molar-refractivity contribution >= 4 is 5.97 Å². The van der Waals surface area contributed by atoms with Crippen molar-refractivity contribution in [2.75, 3.05) is 6.61 Å². The minimum Gasteiger partial charge on any atom is -0.459 e. The molecule has 6 atom stereocenters. The van der Waals surface area contributed by atoms with E-state index in [4.69, 9.17) is 9.47 Å². The minimum atomic E-state index is -5.69. The maximum Gasteiger partial charge on any atom is 0.449 e. The molecule has 3 fully saturated rings. The van der Waals surface area contributed by atoms with Gasteiger partial charge < -0.3 is 19.3 Å². The van der Waals surface area contributed by atoms with Crippen molar-refractivity contribution in [2.24, 2.45) is 11.8 Å². The number of aliphatic hydroxyl groups is 1. The van der Waals surface area contributed by atoms with Gasteiger partial charge in [0.1, 0.15) is 6.10 Å². The normalized spacial score (nSPS) is 43.6. The Hall–Kier alpha value is -1.26.